The van der Waals surface area contributed by atoms with Gasteiger partial charge in [-0.3, -0.25) is 0 Å². The highest BCUT2D eigenvalue weighted by Crippen LogP contribution is 2.43. The van der Waals surface area contributed by atoms with Gasteiger partial charge in [-0.15, -0.1) is 10.2 Å². The summed E-state index contributed by atoms with van der Waals surface area (Å²) < 4.78 is 103. The van der Waals surface area contributed by atoms with Gasteiger partial charge in [0.1, 0.15) is 39.2 Å². The summed E-state index contributed by atoms with van der Waals surface area (Å²) in [6.45, 7) is -0.312. The third-order valence-electron chi connectivity index (χ3n) is 7.56. The van der Waals surface area contributed by atoms with Crippen LogP contribution < -0.4 is 18.5 Å². The van der Waals surface area contributed by atoms with E-state index in [1.165, 1.54) is 68.5 Å². The molecule has 0 amide bonds. The van der Waals surface area contributed by atoms with Gasteiger partial charge in [-0.25, -0.2) is 17.1 Å². The van der Waals surface area contributed by atoms with Crippen LogP contribution in [0.1, 0.15) is 11.1 Å². The van der Waals surface area contributed by atoms with Gasteiger partial charge in [-0.2, -0.15) is 23.4 Å². The predicted molar refractivity (Wildman–Crippen MR) is 182 cm³/mol. The summed E-state index contributed by atoms with van der Waals surface area (Å²) in [6.07, 6.45) is -1.87. The summed E-state index contributed by atoms with van der Waals surface area (Å²) >= 11 is 7.46. The first-order chi connectivity index (χ1) is 24.4. The summed E-state index contributed by atoms with van der Waals surface area (Å²) in [5.74, 6) is -0.615. The molecular formula is C34H24ClF4N5O5S2. The maximum atomic E-state index is 15.9. The molecule has 0 spiro atoms. The highest BCUT2D eigenvalue weighted by atomic mass is 35.5. The first-order valence-electron chi connectivity index (χ1n) is 14.6. The number of halogens is 5. The number of methoxy groups -OCH3 is 2. The van der Waals surface area contributed by atoms with Gasteiger partial charge in [0.05, 0.1) is 43.7 Å². The van der Waals surface area contributed by atoms with Crippen LogP contribution in [0, 0.1) is 5.82 Å². The minimum atomic E-state index is -4.68. The van der Waals surface area contributed by atoms with E-state index in [9.17, 15) is 21.6 Å². The molecule has 262 valence electrons. The number of sulfonamides is 1. The van der Waals surface area contributed by atoms with Crippen LogP contribution in [0.3, 0.4) is 0 Å². The standard InChI is InChI=1S/C34H24ClF4N5O5S2/c1-47-23-9-7-22(30(14-23)48-2)18-44(33-43-42-19-50-33)51(45,46)32-15-27(35)31(16-28(32)36)49-29-10-8-20(13-25(29)21-11-12-40-41-17-21)24-5-3-4-6-26(24)34(37,38)39/h3-17,19H,18H2,1-2H3. The Balaban J connectivity index is 1.39. The molecule has 51 heavy (non-hydrogen) atoms. The van der Waals surface area contributed by atoms with Crippen molar-refractivity contribution in [1.82, 2.24) is 20.4 Å². The first kappa shape index (κ1) is 35.5. The summed E-state index contributed by atoms with van der Waals surface area (Å²) in [4.78, 5) is -0.778. The minimum Gasteiger partial charge on any atom is -0.497 e. The normalized spacial score (nSPS) is 11.7. The molecule has 0 bridgehead atoms. The molecule has 2 aromatic heterocycles. The van der Waals surface area contributed by atoms with Crippen LogP contribution in [-0.2, 0) is 22.7 Å². The average molecular weight is 758 g/mol. The molecule has 4 aromatic carbocycles. The first-order valence-corrected chi connectivity index (χ1v) is 17.3. The third-order valence-corrected chi connectivity index (χ3v) is 10.4. The molecule has 0 atom stereocenters. The number of anilines is 1. The van der Waals surface area contributed by atoms with E-state index in [4.69, 9.17) is 25.8 Å². The molecule has 0 fully saturated rings. The van der Waals surface area contributed by atoms with E-state index in [2.05, 4.69) is 20.4 Å². The Hall–Kier alpha value is -5.32. The van der Waals surface area contributed by atoms with Gasteiger partial charge < -0.3 is 14.2 Å². The highest BCUT2D eigenvalue weighted by molar-refractivity contribution is 7.93. The van der Waals surface area contributed by atoms with Crippen molar-refractivity contribution in [3.63, 3.8) is 0 Å². The lowest BCUT2D eigenvalue weighted by Gasteiger charge is -2.23. The zero-order chi connectivity index (χ0) is 36.3. The van der Waals surface area contributed by atoms with Crippen LogP contribution in [-0.4, -0.2) is 43.0 Å². The van der Waals surface area contributed by atoms with Crippen molar-refractivity contribution in [2.45, 2.75) is 17.6 Å². The molecule has 0 aliphatic rings. The lowest BCUT2D eigenvalue weighted by molar-refractivity contribution is -0.137. The van der Waals surface area contributed by atoms with Gasteiger partial charge in [0.15, 0.2) is 0 Å². The Morgan fingerprint density at radius 3 is 2.33 bits per heavy atom. The number of alkyl halides is 3. The zero-order valence-corrected chi connectivity index (χ0v) is 28.8. The predicted octanol–water partition coefficient (Wildman–Crippen LogP) is 8.68. The molecule has 0 radical (unpaired) electrons. The summed E-state index contributed by atoms with van der Waals surface area (Å²) in [6, 6.07) is 17.4. The molecule has 0 aliphatic carbocycles. The van der Waals surface area contributed by atoms with Crippen LogP contribution in [0.5, 0.6) is 23.0 Å². The van der Waals surface area contributed by atoms with E-state index in [0.717, 1.165) is 33.8 Å². The summed E-state index contributed by atoms with van der Waals surface area (Å²) in [5.41, 5.74) is 1.74. The minimum absolute atomic E-state index is 0.0495. The van der Waals surface area contributed by atoms with Crippen molar-refractivity contribution < 1.29 is 40.2 Å². The number of ether oxygens (including phenoxy) is 3. The maximum Gasteiger partial charge on any atom is 0.417 e. The fourth-order valence-corrected chi connectivity index (χ4v) is 7.65. The topological polar surface area (TPSA) is 117 Å². The van der Waals surface area contributed by atoms with Crippen LogP contribution in [0.25, 0.3) is 22.3 Å². The number of hydrogen-bond acceptors (Lipinski definition) is 10. The van der Waals surface area contributed by atoms with E-state index in [-0.39, 0.29) is 44.9 Å². The molecule has 17 heteroatoms. The lowest BCUT2D eigenvalue weighted by atomic mass is 9.95. The molecule has 0 aliphatic heterocycles. The van der Waals surface area contributed by atoms with Crippen molar-refractivity contribution in [2.24, 2.45) is 0 Å². The molecule has 0 saturated carbocycles. The van der Waals surface area contributed by atoms with Gasteiger partial charge >= 0.3 is 6.18 Å². The number of nitrogens with zero attached hydrogens (tertiary/aromatic N) is 5. The summed E-state index contributed by atoms with van der Waals surface area (Å²) in [5, 5.41) is 14.9. The van der Waals surface area contributed by atoms with E-state index >= 15 is 4.39 Å². The second kappa shape index (κ2) is 14.5. The van der Waals surface area contributed by atoms with Crippen molar-refractivity contribution in [1.29, 1.82) is 0 Å². The Morgan fingerprint density at radius 1 is 0.843 bits per heavy atom. The molecular weight excluding hydrogens is 734 g/mol. The largest absolute Gasteiger partial charge is 0.497 e. The van der Waals surface area contributed by atoms with Crippen LogP contribution in [0.2, 0.25) is 5.02 Å². The fraction of sp³-hybridized carbons (Fsp3) is 0.118. The van der Waals surface area contributed by atoms with Gasteiger partial charge in [0, 0.05) is 28.8 Å². The smallest absolute Gasteiger partial charge is 0.417 e. The molecule has 6 aromatic rings. The number of benzene rings is 4. The van der Waals surface area contributed by atoms with E-state index in [1.54, 1.807) is 24.3 Å². The molecule has 0 unspecified atom stereocenters. The van der Waals surface area contributed by atoms with Gasteiger partial charge in [0.2, 0.25) is 5.13 Å². The summed E-state index contributed by atoms with van der Waals surface area (Å²) in [7, 11) is -1.80. The fourth-order valence-electron chi connectivity index (χ4n) is 5.14. The van der Waals surface area contributed by atoms with Crippen molar-refractivity contribution >= 4 is 38.1 Å². The third kappa shape index (κ3) is 7.43. The SMILES string of the molecule is COc1ccc(CN(c2nncs2)S(=O)(=O)c2cc(Cl)c(Oc3ccc(-c4ccccc4C(F)(F)F)cc3-c3ccnnc3)cc2F)c(OC)c1. The second-order valence-corrected chi connectivity index (χ2v) is 13.7. The Bertz CT molecular complexity index is 2300. The van der Waals surface area contributed by atoms with Gasteiger partial charge in [-0.05, 0) is 53.6 Å². The average Bonchev–Trinajstić information content (AvgIpc) is 3.66. The lowest BCUT2D eigenvalue weighted by Crippen LogP contribution is -2.31. The van der Waals surface area contributed by atoms with Gasteiger partial charge in [-0.1, -0.05) is 47.2 Å². The number of hydrogen-bond donors (Lipinski definition) is 0. The second-order valence-electron chi connectivity index (χ2n) is 10.6. The Kier molecular flexibility index (Phi) is 10.1. The number of rotatable bonds is 11. The quantitative estimate of drug-likeness (QED) is 0.120. The van der Waals surface area contributed by atoms with Crippen LogP contribution in [0.15, 0.2) is 102 Å². The van der Waals surface area contributed by atoms with Crippen LogP contribution >= 0.6 is 22.9 Å². The van der Waals surface area contributed by atoms with Crippen LogP contribution in [0.4, 0.5) is 22.7 Å². The molecule has 6 rings (SSSR count). The van der Waals surface area contributed by atoms with Gasteiger partial charge in [0.25, 0.3) is 10.0 Å². The zero-order valence-electron chi connectivity index (χ0n) is 26.4. The molecule has 0 saturated heterocycles. The number of aromatic nitrogens is 4. The van der Waals surface area contributed by atoms with Crippen molar-refractivity contribution in [3.05, 3.63) is 119 Å². The molecule has 0 N–H and O–H groups in total. The Morgan fingerprint density at radius 2 is 1.65 bits per heavy atom. The monoisotopic (exact) mass is 757 g/mol. The molecule has 2 heterocycles. The Labute approximate surface area is 297 Å². The van der Waals surface area contributed by atoms with E-state index in [0.29, 0.717) is 22.6 Å². The highest BCUT2D eigenvalue weighted by Gasteiger charge is 2.34. The van der Waals surface area contributed by atoms with Crippen molar-refractivity contribution in [3.8, 4) is 45.3 Å². The molecule has 10 nitrogen and oxygen atoms in total. The maximum absolute atomic E-state index is 15.9. The van der Waals surface area contributed by atoms with E-state index < -0.39 is 32.5 Å². The van der Waals surface area contributed by atoms with Crippen molar-refractivity contribution in [2.75, 3.05) is 18.5 Å². The van der Waals surface area contributed by atoms with E-state index in [1.807, 2.05) is 0 Å².